The van der Waals surface area contributed by atoms with Crippen LogP contribution in [0, 0.1) is 5.41 Å². The monoisotopic (exact) mass is 187 g/mol. The Balaban J connectivity index is 2.45. The molecule has 3 heteroatoms. The topological polar surface area (TPSA) is 41.5 Å². The first-order valence-corrected chi connectivity index (χ1v) is 4.95. The molecular formula is C10H21NO2. The molecule has 3 unspecified atom stereocenters. The Kier molecular flexibility index (Phi) is 3.33. The van der Waals surface area contributed by atoms with Gasteiger partial charge in [0.15, 0.2) is 0 Å². The normalized spacial score (nSPS) is 31.6. The molecule has 0 aromatic heterocycles. The van der Waals surface area contributed by atoms with Crippen LogP contribution in [0.4, 0.5) is 0 Å². The van der Waals surface area contributed by atoms with E-state index in [1.807, 2.05) is 6.92 Å². The molecule has 3 atom stereocenters. The molecule has 1 rings (SSSR count). The Labute approximate surface area is 80.5 Å². The zero-order valence-corrected chi connectivity index (χ0v) is 9.00. The SMILES string of the molecule is CC(O)C(C)NC1COCC1(C)C. The van der Waals surface area contributed by atoms with Gasteiger partial charge in [-0.1, -0.05) is 13.8 Å². The van der Waals surface area contributed by atoms with Crippen LogP contribution in [0.3, 0.4) is 0 Å². The van der Waals surface area contributed by atoms with Crippen LogP contribution >= 0.6 is 0 Å². The van der Waals surface area contributed by atoms with Crippen molar-refractivity contribution in [3.63, 3.8) is 0 Å². The van der Waals surface area contributed by atoms with E-state index in [9.17, 15) is 5.11 Å². The molecule has 1 fully saturated rings. The van der Waals surface area contributed by atoms with Crippen molar-refractivity contribution in [3.05, 3.63) is 0 Å². The van der Waals surface area contributed by atoms with Gasteiger partial charge in [0.2, 0.25) is 0 Å². The van der Waals surface area contributed by atoms with Gasteiger partial charge >= 0.3 is 0 Å². The van der Waals surface area contributed by atoms with Gasteiger partial charge in [-0.05, 0) is 13.8 Å². The fourth-order valence-corrected chi connectivity index (χ4v) is 1.50. The van der Waals surface area contributed by atoms with Gasteiger partial charge in [0, 0.05) is 17.5 Å². The lowest BCUT2D eigenvalue weighted by Crippen LogP contribution is -2.48. The Morgan fingerprint density at radius 2 is 2.08 bits per heavy atom. The summed E-state index contributed by atoms with van der Waals surface area (Å²) in [5.41, 5.74) is 0.184. The Hall–Kier alpha value is -0.120. The predicted molar refractivity (Wildman–Crippen MR) is 52.7 cm³/mol. The zero-order valence-electron chi connectivity index (χ0n) is 9.00. The van der Waals surface area contributed by atoms with E-state index in [1.54, 1.807) is 6.92 Å². The molecule has 78 valence electrons. The van der Waals surface area contributed by atoms with Gasteiger partial charge in [0.05, 0.1) is 19.3 Å². The fraction of sp³-hybridized carbons (Fsp3) is 1.00. The van der Waals surface area contributed by atoms with E-state index in [4.69, 9.17) is 4.74 Å². The summed E-state index contributed by atoms with van der Waals surface area (Å²) in [7, 11) is 0. The number of aliphatic hydroxyl groups excluding tert-OH is 1. The average molecular weight is 187 g/mol. The molecule has 13 heavy (non-hydrogen) atoms. The van der Waals surface area contributed by atoms with Crippen LogP contribution in [0.5, 0.6) is 0 Å². The Morgan fingerprint density at radius 1 is 1.46 bits per heavy atom. The van der Waals surface area contributed by atoms with Gasteiger partial charge in [-0.25, -0.2) is 0 Å². The largest absolute Gasteiger partial charge is 0.392 e. The number of aliphatic hydroxyl groups is 1. The van der Waals surface area contributed by atoms with Crippen molar-refractivity contribution in [1.29, 1.82) is 0 Å². The van der Waals surface area contributed by atoms with Crippen LogP contribution in [-0.4, -0.2) is 36.5 Å². The second-order valence-corrected chi connectivity index (χ2v) is 4.75. The molecule has 1 aliphatic rings. The minimum Gasteiger partial charge on any atom is -0.392 e. The second-order valence-electron chi connectivity index (χ2n) is 4.75. The van der Waals surface area contributed by atoms with E-state index in [2.05, 4.69) is 19.2 Å². The molecule has 0 saturated carbocycles. The molecule has 2 N–H and O–H groups in total. The average Bonchev–Trinajstić information content (AvgIpc) is 2.30. The van der Waals surface area contributed by atoms with E-state index in [1.165, 1.54) is 0 Å². The number of hydrogen-bond donors (Lipinski definition) is 2. The molecular weight excluding hydrogens is 166 g/mol. The smallest absolute Gasteiger partial charge is 0.0662 e. The van der Waals surface area contributed by atoms with Crippen molar-refractivity contribution in [2.45, 2.75) is 45.9 Å². The quantitative estimate of drug-likeness (QED) is 0.685. The molecule has 0 spiro atoms. The van der Waals surface area contributed by atoms with Crippen molar-refractivity contribution in [3.8, 4) is 0 Å². The first kappa shape index (κ1) is 11.0. The standard InChI is InChI=1S/C10H21NO2/c1-7(8(2)12)11-9-5-13-6-10(9,3)4/h7-9,11-12H,5-6H2,1-4H3. The van der Waals surface area contributed by atoms with Crippen LogP contribution in [0.15, 0.2) is 0 Å². The van der Waals surface area contributed by atoms with Crippen molar-refractivity contribution in [2.75, 3.05) is 13.2 Å². The highest BCUT2D eigenvalue weighted by molar-refractivity contribution is 4.90. The molecule has 0 radical (unpaired) electrons. The van der Waals surface area contributed by atoms with Gasteiger partial charge in [-0.15, -0.1) is 0 Å². The van der Waals surface area contributed by atoms with E-state index < -0.39 is 0 Å². The Morgan fingerprint density at radius 3 is 2.46 bits per heavy atom. The van der Waals surface area contributed by atoms with Gasteiger partial charge in [-0.2, -0.15) is 0 Å². The van der Waals surface area contributed by atoms with Crippen molar-refractivity contribution in [2.24, 2.45) is 5.41 Å². The minimum atomic E-state index is -0.309. The summed E-state index contributed by atoms with van der Waals surface area (Å²) in [6.45, 7) is 9.74. The van der Waals surface area contributed by atoms with Crippen LogP contribution in [0.25, 0.3) is 0 Å². The van der Waals surface area contributed by atoms with E-state index >= 15 is 0 Å². The van der Waals surface area contributed by atoms with E-state index in [0.29, 0.717) is 6.04 Å². The van der Waals surface area contributed by atoms with Gasteiger partial charge in [-0.3, -0.25) is 0 Å². The first-order chi connectivity index (χ1) is 5.93. The molecule has 1 aliphatic heterocycles. The van der Waals surface area contributed by atoms with Gasteiger partial charge < -0.3 is 15.2 Å². The second kappa shape index (κ2) is 3.95. The van der Waals surface area contributed by atoms with E-state index in [0.717, 1.165) is 13.2 Å². The molecule has 1 heterocycles. The maximum absolute atomic E-state index is 9.35. The number of nitrogens with one attached hydrogen (secondary N) is 1. The predicted octanol–water partition coefficient (Wildman–Crippen LogP) is 0.770. The molecule has 0 aromatic carbocycles. The summed E-state index contributed by atoms with van der Waals surface area (Å²) in [4.78, 5) is 0. The van der Waals surface area contributed by atoms with Crippen LogP contribution < -0.4 is 5.32 Å². The summed E-state index contributed by atoms with van der Waals surface area (Å²) in [6.07, 6.45) is -0.309. The molecule has 3 nitrogen and oxygen atoms in total. The highest BCUT2D eigenvalue weighted by Gasteiger charge is 2.36. The summed E-state index contributed by atoms with van der Waals surface area (Å²) >= 11 is 0. The molecule has 0 bridgehead atoms. The lowest BCUT2D eigenvalue weighted by molar-refractivity contribution is 0.135. The first-order valence-electron chi connectivity index (χ1n) is 4.95. The van der Waals surface area contributed by atoms with Crippen molar-refractivity contribution in [1.82, 2.24) is 5.32 Å². The Bertz CT molecular complexity index is 168. The maximum atomic E-state index is 9.35. The molecule has 0 aromatic rings. The third kappa shape index (κ3) is 2.66. The highest BCUT2D eigenvalue weighted by Crippen LogP contribution is 2.27. The zero-order chi connectivity index (χ0) is 10.1. The van der Waals surface area contributed by atoms with Gasteiger partial charge in [0.1, 0.15) is 0 Å². The summed E-state index contributed by atoms with van der Waals surface area (Å²) in [5, 5.41) is 12.7. The molecule has 1 saturated heterocycles. The van der Waals surface area contributed by atoms with Crippen LogP contribution in [0.1, 0.15) is 27.7 Å². The van der Waals surface area contributed by atoms with Crippen molar-refractivity contribution < 1.29 is 9.84 Å². The number of rotatable bonds is 3. The highest BCUT2D eigenvalue weighted by atomic mass is 16.5. The number of ether oxygens (including phenoxy) is 1. The summed E-state index contributed by atoms with van der Waals surface area (Å²) in [5.74, 6) is 0. The molecule has 0 amide bonds. The lowest BCUT2D eigenvalue weighted by atomic mass is 9.87. The van der Waals surface area contributed by atoms with Crippen molar-refractivity contribution >= 4 is 0 Å². The van der Waals surface area contributed by atoms with Crippen LogP contribution in [-0.2, 0) is 4.74 Å². The number of hydrogen-bond acceptors (Lipinski definition) is 3. The summed E-state index contributed by atoms with van der Waals surface area (Å²) in [6, 6.07) is 0.489. The fourth-order valence-electron chi connectivity index (χ4n) is 1.50. The van der Waals surface area contributed by atoms with Gasteiger partial charge in [0.25, 0.3) is 0 Å². The van der Waals surface area contributed by atoms with E-state index in [-0.39, 0.29) is 17.6 Å². The maximum Gasteiger partial charge on any atom is 0.0662 e. The third-order valence-electron chi connectivity index (χ3n) is 2.89. The molecule has 0 aliphatic carbocycles. The van der Waals surface area contributed by atoms with Crippen LogP contribution in [0.2, 0.25) is 0 Å². The summed E-state index contributed by atoms with van der Waals surface area (Å²) < 4.78 is 5.41. The third-order valence-corrected chi connectivity index (χ3v) is 2.89. The minimum absolute atomic E-state index is 0.131. The lowest BCUT2D eigenvalue weighted by Gasteiger charge is -2.29.